The number of nitrogens with one attached hydrogen (secondary N) is 1. The zero-order valence-corrected chi connectivity index (χ0v) is 11.2. The molecule has 19 heavy (non-hydrogen) atoms. The second kappa shape index (κ2) is 5.71. The minimum absolute atomic E-state index is 0.0845. The Morgan fingerprint density at radius 3 is 3.05 bits per heavy atom. The van der Waals surface area contributed by atoms with Gasteiger partial charge in [0.2, 0.25) is 5.28 Å². The molecule has 1 amide bonds. The van der Waals surface area contributed by atoms with Gasteiger partial charge in [0.25, 0.3) is 5.91 Å². The molecule has 0 saturated heterocycles. The van der Waals surface area contributed by atoms with Crippen LogP contribution < -0.4 is 11.1 Å². The van der Waals surface area contributed by atoms with Crippen LogP contribution in [0.15, 0.2) is 24.5 Å². The molecule has 0 aliphatic carbocycles. The number of aromatic nitrogens is 3. The number of hydrogen-bond acceptors (Lipinski definition) is 4. The summed E-state index contributed by atoms with van der Waals surface area (Å²) in [6.45, 7) is 2.76. The van der Waals surface area contributed by atoms with Crippen LogP contribution in [0.4, 0.5) is 11.5 Å². The van der Waals surface area contributed by atoms with Gasteiger partial charge in [-0.15, -0.1) is 0 Å². The van der Waals surface area contributed by atoms with Crippen molar-refractivity contribution in [2.45, 2.75) is 19.9 Å². The monoisotopic (exact) mass is 279 g/mol. The number of carbonyl (C=O) groups excluding carboxylic acids is 1. The first-order valence-electron chi connectivity index (χ1n) is 5.85. The highest BCUT2D eigenvalue weighted by atomic mass is 35.5. The molecule has 2 aromatic rings. The van der Waals surface area contributed by atoms with Crippen LogP contribution in [-0.4, -0.2) is 20.4 Å². The lowest BCUT2D eigenvalue weighted by atomic mass is 10.3. The topological polar surface area (TPSA) is 85.8 Å². The van der Waals surface area contributed by atoms with E-state index in [1.165, 1.54) is 6.20 Å². The summed E-state index contributed by atoms with van der Waals surface area (Å²) in [5, 5.41) is 2.74. The SMILES string of the molecule is CCCn1cc(N)cc1C(=O)Nc1ccnc(Cl)n1. The van der Waals surface area contributed by atoms with Gasteiger partial charge in [0, 0.05) is 18.9 Å². The van der Waals surface area contributed by atoms with Gasteiger partial charge in [0.05, 0.1) is 5.69 Å². The first kappa shape index (κ1) is 13.4. The second-order valence-corrected chi connectivity index (χ2v) is 4.36. The van der Waals surface area contributed by atoms with Crippen molar-refractivity contribution < 1.29 is 4.79 Å². The summed E-state index contributed by atoms with van der Waals surface area (Å²) in [7, 11) is 0. The van der Waals surface area contributed by atoms with Gasteiger partial charge < -0.3 is 15.6 Å². The number of nitrogen functional groups attached to an aromatic ring is 1. The van der Waals surface area contributed by atoms with E-state index in [2.05, 4.69) is 15.3 Å². The van der Waals surface area contributed by atoms with Crippen LogP contribution in [0, 0.1) is 0 Å². The van der Waals surface area contributed by atoms with Crippen molar-refractivity contribution in [3.63, 3.8) is 0 Å². The van der Waals surface area contributed by atoms with Gasteiger partial charge in [-0.3, -0.25) is 4.79 Å². The fraction of sp³-hybridized carbons (Fsp3) is 0.250. The molecule has 3 N–H and O–H groups in total. The van der Waals surface area contributed by atoms with Crippen molar-refractivity contribution in [3.8, 4) is 0 Å². The van der Waals surface area contributed by atoms with Gasteiger partial charge in [-0.2, -0.15) is 0 Å². The first-order valence-corrected chi connectivity index (χ1v) is 6.23. The number of anilines is 2. The predicted molar refractivity (Wildman–Crippen MR) is 74.1 cm³/mol. The van der Waals surface area contributed by atoms with Gasteiger partial charge in [-0.05, 0) is 30.2 Å². The van der Waals surface area contributed by atoms with Gasteiger partial charge in [0.15, 0.2) is 0 Å². The smallest absolute Gasteiger partial charge is 0.273 e. The maximum absolute atomic E-state index is 12.1. The lowest BCUT2D eigenvalue weighted by Crippen LogP contribution is -2.17. The van der Waals surface area contributed by atoms with Crippen LogP contribution in [0.25, 0.3) is 0 Å². The number of nitrogens with zero attached hydrogens (tertiary/aromatic N) is 3. The third kappa shape index (κ3) is 3.23. The highest BCUT2D eigenvalue weighted by Gasteiger charge is 2.13. The summed E-state index contributed by atoms with van der Waals surface area (Å²) in [5.41, 5.74) is 6.77. The van der Waals surface area contributed by atoms with E-state index in [4.69, 9.17) is 17.3 Å². The number of nitrogens with two attached hydrogens (primary N) is 1. The van der Waals surface area contributed by atoms with E-state index in [-0.39, 0.29) is 11.2 Å². The fourth-order valence-corrected chi connectivity index (χ4v) is 1.88. The number of hydrogen-bond donors (Lipinski definition) is 2. The lowest BCUT2D eigenvalue weighted by Gasteiger charge is -2.07. The molecular formula is C12H14ClN5O. The molecule has 0 aliphatic rings. The Balaban J connectivity index is 2.20. The number of aryl methyl sites for hydroxylation is 1. The third-order valence-electron chi connectivity index (χ3n) is 2.48. The van der Waals surface area contributed by atoms with Crippen LogP contribution in [0.5, 0.6) is 0 Å². The van der Waals surface area contributed by atoms with E-state index in [1.807, 2.05) is 11.5 Å². The zero-order chi connectivity index (χ0) is 13.8. The Bertz CT molecular complexity index is 596. The molecule has 100 valence electrons. The average Bonchev–Trinajstić information content (AvgIpc) is 2.71. The third-order valence-corrected chi connectivity index (χ3v) is 2.66. The number of halogens is 1. The van der Waals surface area contributed by atoms with Crippen molar-refractivity contribution in [1.29, 1.82) is 0 Å². The summed E-state index contributed by atoms with van der Waals surface area (Å²) in [4.78, 5) is 19.8. The van der Waals surface area contributed by atoms with E-state index < -0.39 is 0 Å². The Kier molecular flexibility index (Phi) is 4.01. The van der Waals surface area contributed by atoms with Crippen LogP contribution >= 0.6 is 11.6 Å². The first-order chi connectivity index (χ1) is 9.10. The number of amides is 1. The van der Waals surface area contributed by atoms with E-state index >= 15 is 0 Å². The van der Waals surface area contributed by atoms with Crippen LogP contribution in [0.2, 0.25) is 5.28 Å². The van der Waals surface area contributed by atoms with Crippen molar-refractivity contribution in [1.82, 2.24) is 14.5 Å². The van der Waals surface area contributed by atoms with Gasteiger partial charge in [0.1, 0.15) is 11.5 Å². The molecule has 2 heterocycles. The highest BCUT2D eigenvalue weighted by Crippen LogP contribution is 2.14. The molecule has 0 saturated carbocycles. The van der Waals surface area contributed by atoms with Crippen molar-refractivity contribution in [2.24, 2.45) is 0 Å². The normalized spacial score (nSPS) is 10.4. The largest absolute Gasteiger partial charge is 0.397 e. The molecular weight excluding hydrogens is 266 g/mol. The quantitative estimate of drug-likeness (QED) is 0.840. The predicted octanol–water partition coefficient (Wildman–Crippen LogP) is 2.18. The Morgan fingerprint density at radius 2 is 2.37 bits per heavy atom. The molecule has 2 rings (SSSR count). The van der Waals surface area contributed by atoms with Crippen LogP contribution in [-0.2, 0) is 6.54 Å². The Morgan fingerprint density at radius 1 is 1.58 bits per heavy atom. The van der Waals surface area contributed by atoms with Crippen molar-refractivity contribution in [2.75, 3.05) is 11.1 Å². The Labute approximate surface area is 115 Å². The van der Waals surface area contributed by atoms with Gasteiger partial charge >= 0.3 is 0 Å². The van der Waals surface area contributed by atoms with E-state index in [1.54, 1.807) is 18.3 Å². The standard InChI is InChI=1S/C12H14ClN5O/c1-2-5-18-7-8(14)6-9(18)11(19)16-10-3-4-15-12(13)17-10/h3-4,6-7H,2,5,14H2,1H3,(H,15,16,17,19). The minimum Gasteiger partial charge on any atom is -0.397 e. The number of rotatable bonds is 4. The van der Waals surface area contributed by atoms with Gasteiger partial charge in [-0.25, -0.2) is 9.97 Å². The minimum atomic E-state index is -0.278. The molecule has 2 aromatic heterocycles. The summed E-state index contributed by atoms with van der Waals surface area (Å²) >= 11 is 5.66. The summed E-state index contributed by atoms with van der Waals surface area (Å²) in [6, 6.07) is 3.20. The molecule has 0 atom stereocenters. The second-order valence-electron chi connectivity index (χ2n) is 4.02. The maximum Gasteiger partial charge on any atom is 0.273 e. The average molecular weight is 280 g/mol. The van der Waals surface area contributed by atoms with Gasteiger partial charge in [-0.1, -0.05) is 6.92 Å². The lowest BCUT2D eigenvalue weighted by molar-refractivity contribution is 0.101. The molecule has 0 aliphatic heterocycles. The molecule has 0 spiro atoms. The fourth-order valence-electron chi connectivity index (χ4n) is 1.73. The zero-order valence-electron chi connectivity index (χ0n) is 10.4. The highest BCUT2D eigenvalue weighted by molar-refractivity contribution is 6.28. The molecule has 0 bridgehead atoms. The van der Waals surface area contributed by atoms with Crippen LogP contribution in [0.3, 0.4) is 0 Å². The molecule has 0 fully saturated rings. The van der Waals surface area contributed by atoms with E-state index in [0.717, 1.165) is 13.0 Å². The van der Waals surface area contributed by atoms with Crippen molar-refractivity contribution in [3.05, 3.63) is 35.5 Å². The van der Waals surface area contributed by atoms with E-state index in [9.17, 15) is 4.79 Å². The van der Waals surface area contributed by atoms with E-state index in [0.29, 0.717) is 17.2 Å². The molecule has 0 aromatic carbocycles. The molecule has 0 unspecified atom stereocenters. The van der Waals surface area contributed by atoms with Crippen molar-refractivity contribution >= 4 is 29.0 Å². The molecule has 6 nitrogen and oxygen atoms in total. The number of carbonyl (C=O) groups is 1. The summed E-state index contributed by atoms with van der Waals surface area (Å²) < 4.78 is 1.81. The van der Waals surface area contributed by atoms with Crippen LogP contribution in [0.1, 0.15) is 23.8 Å². The molecule has 7 heteroatoms. The summed E-state index contributed by atoms with van der Waals surface area (Å²) in [5.74, 6) is 0.0766. The molecule has 0 radical (unpaired) electrons. The maximum atomic E-state index is 12.1. The Hall–Kier alpha value is -2.08. The summed E-state index contributed by atoms with van der Waals surface area (Å²) in [6.07, 6.45) is 4.13.